The van der Waals surface area contributed by atoms with E-state index < -0.39 is 9.85 Å². The van der Waals surface area contributed by atoms with Gasteiger partial charge in [0.05, 0.1) is 42.3 Å². The van der Waals surface area contributed by atoms with Crippen molar-refractivity contribution in [1.82, 2.24) is 0 Å². The van der Waals surface area contributed by atoms with Crippen LogP contribution in [0.2, 0.25) is 0 Å². The Morgan fingerprint density at radius 1 is 0.600 bits per heavy atom. The number of nitro benzene ring substituents is 2. The number of ether oxygens (including phenoxy) is 5. The first-order chi connectivity index (χ1) is 21.9. The second kappa shape index (κ2) is 19.0. The third kappa shape index (κ3) is 11.5. The summed E-state index contributed by atoms with van der Waals surface area (Å²) in [6.07, 6.45) is 12.1. The summed E-state index contributed by atoms with van der Waals surface area (Å²) < 4.78 is 28.5. The van der Waals surface area contributed by atoms with Gasteiger partial charge >= 0.3 is 0 Å². The number of methoxy groups -OCH3 is 2. The summed E-state index contributed by atoms with van der Waals surface area (Å²) in [6.45, 7) is 2.78. The average molecular weight is 625 g/mol. The van der Waals surface area contributed by atoms with Crippen molar-refractivity contribution in [2.24, 2.45) is 0 Å². The molecule has 45 heavy (non-hydrogen) atoms. The predicted molar refractivity (Wildman–Crippen MR) is 172 cm³/mol. The van der Waals surface area contributed by atoms with Crippen molar-refractivity contribution in [2.75, 3.05) is 20.8 Å². The van der Waals surface area contributed by atoms with Crippen LogP contribution in [0.15, 0.2) is 54.6 Å². The van der Waals surface area contributed by atoms with E-state index in [0.717, 1.165) is 24.8 Å². The van der Waals surface area contributed by atoms with E-state index in [9.17, 15) is 20.2 Å². The van der Waals surface area contributed by atoms with E-state index in [2.05, 4.69) is 6.92 Å². The largest absolute Gasteiger partial charge is 0.493 e. The summed E-state index contributed by atoms with van der Waals surface area (Å²) in [5.41, 5.74) is 0.959. The Hall–Kier alpha value is -4.54. The van der Waals surface area contributed by atoms with Crippen LogP contribution >= 0.6 is 0 Å². The quantitative estimate of drug-likeness (QED) is 0.0610. The molecule has 0 aliphatic heterocycles. The lowest BCUT2D eigenvalue weighted by Crippen LogP contribution is -2.05. The third-order valence-electron chi connectivity index (χ3n) is 7.38. The first kappa shape index (κ1) is 34.9. The van der Waals surface area contributed by atoms with E-state index >= 15 is 0 Å². The molecular weight excluding hydrogens is 580 g/mol. The van der Waals surface area contributed by atoms with Gasteiger partial charge in [0.2, 0.25) is 0 Å². The molecule has 0 bridgehead atoms. The molecule has 0 aliphatic rings. The molecule has 0 N–H and O–H groups in total. The van der Waals surface area contributed by atoms with Gasteiger partial charge in [0, 0.05) is 12.1 Å². The summed E-state index contributed by atoms with van der Waals surface area (Å²) in [5, 5.41) is 22.8. The minimum atomic E-state index is -0.472. The van der Waals surface area contributed by atoms with Gasteiger partial charge in [-0.2, -0.15) is 0 Å². The third-order valence-corrected chi connectivity index (χ3v) is 7.38. The highest BCUT2D eigenvalue weighted by Gasteiger charge is 2.21. The molecule has 0 fully saturated rings. The monoisotopic (exact) mass is 624 g/mol. The molecule has 3 aromatic carbocycles. The number of nitrogens with zero attached hydrogens (tertiary/aromatic N) is 2. The fraction of sp³-hybridized carbons (Fsp3) is 0.471. The maximum absolute atomic E-state index is 11.9. The SMILES string of the molecule is CCCCCCCCCCCCOc1cc([N+](=O)[O-])c(COc2ccc(COc3ccc([N+](=O)[O-])cc3)cc2OC)cc1OC. The van der Waals surface area contributed by atoms with Crippen LogP contribution in [0.1, 0.15) is 82.3 Å². The van der Waals surface area contributed by atoms with Crippen LogP contribution < -0.4 is 23.7 Å². The lowest BCUT2D eigenvalue weighted by Gasteiger charge is -2.15. The number of rotatable bonds is 22. The number of hydrogen-bond acceptors (Lipinski definition) is 9. The van der Waals surface area contributed by atoms with Gasteiger partial charge in [-0.15, -0.1) is 0 Å². The van der Waals surface area contributed by atoms with Gasteiger partial charge in [0.1, 0.15) is 19.0 Å². The van der Waals surface area contributed by atoms with Crippen molar-refractivity contribution in [3.63, 3.8) is 0 Å². The molecule has 0 aliphatic carbocycles. The molecule has 3 aromatic rings. The minimum Gasteiger partial charge on any atom is -0.493 e. The first-order valence-electron chi connectivity index (χ1n) is 15.5. The van der Waals surface area contributed by atoms with E-state index in [1.54, 1.807) is 24.3 Å². The van der Waals surface area contributed by atoms with Crippen molar-refractivity contribution in [3.8, 4) is 28.7 Å². The number of unbranched alkanes of at least 4 members (excludes halogenated alkanes) is 9. The van der Waals surface area contributed by atoms with E-state index in [-0.39, 0.29) is 24.6 Å². The number of hydrogen-bond donors (Lipinski definition) is 0. The molecule has 0 amide bonds. The van der Waals surface area contributed by atoms with E-state index in [1.165, 1.54) is 89.5 Å². The highest BCUT2D eigenvalue weighted by molar-refractivity contribution is 5.54. The maximum Gasteiger partial charge on any atom is 0.280 e. The van der Waals surface area contributed by atoms with Crippen molar-refractivity contribution in [2.45, 2.75) is 84.3 Å². The fourth-order valence-corrected chi connectivity index (χ4v) is 4.83. The van der Waals surface area contributed by atoms with E-state index in [0.29, 0.717) is 40.9 Å². The standard InChI is InChI=1S/C34H44N2O9/c1-4-5-6-7-8-9-10-11-12-13-20-43-34-23-30(36(39)40)27(22-33(34)42-3)25-45-31-19-14-26(21-32(31)41-2)24-44-29-17-15-28(16-18-29)35(37)38/h14-19,21-23H,4-13,20,24-25H2,1-3H3. The lowest BCUT2D eigenvalue weighted by atomic mass is 10.1. The molecule has 0 saturated heterocycles. The molecule has 3 rings (SSSR count). The van der Waals surface area contributed by atoms with Crippen LogP contribution in [0.4, 0.5) is 11.4 Å². The summed E-state index contributed by atoms with van der Waals surface area (Å²) in [4.78, 5) is 21.8. The van der Waals surface area contributed by atoms with Crippen LogP contribution in [0.5, 0.6) is 28.7 Å². The molecule has 0 atom stereocenters. The molecule has 0 spiro atoms. The zero-order valence-corrected chi connectivity index (χ0v) is 26.5. The van der Waals surface area contributed by atoms with Crippen molar-refractivity contribution >= 4 is 11.4 Å². The number of benzene rings is 3. The van der Waals surface area contributed by atoms with Gasteiger partial charge in [0.15, 0.2) is 23.0 Å². The average Bonchev–Trinajstić information content (AvgIpc) is 3.05. The highest BCUT2D eigenvalue weighted by atomic mass is 16.6. The van der Waals surface area contributed by atoms with Crippen molar-refractivity contribution in [3.05, 3.63) is 86.0 Å². The molecule has 11 nitrogen and oxygen atoms in total. The molecule has 244 valence electrons. The summed E-state index contributed by atoms with van der Waals surface area (Å²) >= 11 is 0. The van der Waals surface area contributed by atoms with E-state index in [1.807, 2.05) is 0 Å². The Kier molecular flexibility index (Phi) is 14.7. The van der Waals surface area contributed by atoms with Crippen LogP contribution in [-0.4, -0.2) is 30.7 Å². The van der Waals surface area contributed by atoms with Crippen molar-refractivity contribution < 1.29 is 33.5 Å². The van der Waals surface area contributed by atoms with Crippen LogP contribution in [0.3, 0.4) is 0 Å². The number of non-ortho nitro benzene ring substituents is 1. The normalized spacial score (nSPS) is 10.7. The summed E-state index contributed by atoms with van der Waals surface area (Å²) in [7, 11) is 3.00. The van der Waals surface area contributed by atoms with Crippen LogP contribution in [0, 0.1) is 20.2 Å². The minimum absolute atomic E-state index is 0.0186. The van der Waals surface area contributed by atoms with Gasteiger partial charge in [-0.1, -0.05) is 70.8 Å². The van der Waals surface area contributed by atoms with Crippen LogP contribution in [0.25, 0.3) is 0 Å². The molecule has 0 radical (unpaired) electrons. The topological polar surface area (TPSA) is 132 Å². The Bertz CT molecular complexity index is 1360. The zero-order chi connectivity index (χ0) is 32.4. The Balaban J connectivity index is 1.54. The summed E-state index contributed by atoms with van der Waals surface area (Å²) in [6, 6.07) is 14.0. The van der Waals surface area contributed by atoms with Gasteiger partial charge in [0.25, 0.3) is 11.4 Å². The van der Waals surface area contributed by atoms with Gasteiger partial charge in [-0.05, 0) is 42.3 Å². The highest BCUT2D eigenvalue weighted by Crippen LogP contribution is 2.37. The van der Waals surface area contributed by atoms with E-state index in [4.69, 9.17) is 23.7 Å². The van der Waals surface area contributed by atoms with Gasteiger partial charge in [-0.3, -0.25) is 20.2 Å². The molecule has 11 heteroatoms. The Morgan fingerprint density at radius 3 is 1.82 bits per heavy atom. The fourth-order valence-electron chi connectivity index (χ4n) is 4.83. The maximum atomic E-state index is 11.9. The molecule has 0 aromatic heterocycles. The first-order valence-corrected chi connectivity index (χ1v) is 15.5. The zero-order valence-electron chi connectivity index (χ0n) is 26.5. The van der Waals surface area contributed by atoms with Gasteiger partial charge in [-0.25, -0.2) is 0 Å². The Labute approximate surface area is 264 Å². The lowest BCUT2D eigenvalue weighted by molar-refractivity contribution is -0.385. The molecule has 0 saturated carbocycles. The van der Waals surface area contributed by atoms with Crippen LogP contribution in [-0.2, 0) is 13.2 Å². The molecule has 0 heterocycles. The van der Waals surface area contributed by atoms with Gasteiger partial charge < -0.3 is 23.7 Å². The summed E-state index contributed by atoms with van der Waals surface area (Å²) in [5.74, 6) is 2.03. The predicted octanol–water partition coefficient (Wildman–Crippen LogP) is 8.98. The number of nitro groups is 2. The second-order valence-electron chi connectivity index (χ2n) is 10.7. The molecule has 0 unspecified atom stereocenters. The smallest absolute Gasteiger partial charge is 0.280 e. The molecular formula is C34H44N2O9. The Morgan fingerprint density at radius 2 is 1.22 bits per heavy atom. The second-order valence-corrected chi connectivity index (χ2v) is 10.7. The van der Waals surface area contributed by atoms with Crippen molar-refractivity contribution in [1.29, 1.82) is 0 Å².